The van der Waals surface area contributed by atoms with Crippen molar-refractivity contribution in [3.05, 3.63) is 0 Å². The molecule has 0 aliphatic rings. The fourth-order valence-corrected chi connectivity index (χ4v) is 3.15. The highest BCUT2D eigenvalue weighted by Gasteiger charge is 2.36. The van der Waals surface area contributed by atoms with Gasteiger partial charge in [0, 0.05) is 0 Å². The molecule has 21 heavy (non-hydrogen) atoms. The lowest BCUT2D eigenvalue weighted by Crippen LogP contribution is -2.31. The molecule has 0 saturated carbocycles. The van der Waals surface area contributed by atoms with E-state index in [-0.39, 0.29) is 0 Å². The Kier molecular flexibility index (Phi) is 12.8. The topological polar surface area (TPSA) is 37.3 Å². The third-order valence-electron chi connectivity index (χ3n) is 4.73. The van der Waals surface area contributed by atoms with E-state index in [1.54, 1.807) is 0 Å². The van der Waals surface area contributed by atoms with Crippen molar-refractivity contribution in [2.24, 2.45) is 5.41 Å². The second kappa shape index (κ2) is 13.2. The monoisotopic (exact) mass is 298 g/mol. The zero-order chi connectivity index (χ0) is 16.0. The number of carbonyl (C=O) groups is 1. The Morgan fingerprint density at radius 2 is 1.05 bits per heavy atom. The maximum absolute atomic E-state index is 11.8. The van der Waals surface area contributed by atoms with E-state index < -0.39 is 11.4 Å². The molecule has 0 aromatic rings. The standard InChI is InChI=1S/C19H38O2/c1-4-7-10-11-12-13-14-17-19(18(20)21,15-8-5-2)16-9-6-3/h4-17H2,1-3H3,(H,20,21). The van der Waals surface area contributed by atoms with Gasteiger partial charge in [-0.1, -0.05) is 91.4 Å². The largest absolute Gasteiger partial charge is 0.481 e. The van der Waals surface area contributed by atoms with Gasteiger partial charge in [0.05, 0.1) is 5.41 Å². The van der Waals surface area contributed by atoms with Crippen molar-refractivity contribution in [2.45, 2.75) is 111 Å². The van der Waals surface area contributed by atoms with Gasteiger partial charge in [0.25, 0.3) is 0 Å². The molecule has 0 saturated heterocycles. The zero-order valence-electron chi connectivity index (χ0n) is 14.8. The van der Waals surface area contributed by atoms with Gasteiger partial charge in [-0.3, -0.25) is 4.79 Å². The summed E-state index contributed by atoms with van der Waals surface area (Å²) in [6.07, 6.45) is 15.8. The lowest BCUT2D eigenvalue weighted by Gasteiger charge is -2.29. The molecule has 126 valence electrons. The molecule has 1 N–H and O–H groups in total. The van der Waals surface area contributed by atoms with Crippen LogP contribution in [0.15, 0.2) is 0 Å². The average molecular weight is 299 g/mol. The van der Waals surface area contributed by atoms with E-state index in [1.165, 1.54) is 38.5 Å². The van der Waals surface area contributed by atoms with E-state index in [9.17, 15) is 9.90 Å². The van der Waals surface area contributed by atoms with Gasteiger partial charge in [-0.15, -0.1) is 0 Å². The minimum absolute atomic E-state index is 0.435. The van der Waals surface area contributed by atoms with Crippen LogP contribution in [0.1, 0.15) is 111 Å². The van der Waals surface area contributed by atoms with E-state index in [1.807, 2.05) is 0 Å². The van der Waals surface area contributed by atoms with Crippen molar-refractivity contribution < 1.29 is 9.90 Å². The number of rotatable bonds is 15. The Balaban J connectivity index is 4.21. The minimum Gasteiger partial charge on any atom is -0.481 e. The van der Waals surface area contributed by atoms with Gasteiger partial charge in [-0.05, 0) is 19.3 Å². The Hall–Kier alpha value is -0.530. The molecule has 0 bridgehead atoms. The summed E-state index contributed by atoms with van der Waals surface area (Å²) >= 11 is 0. The van der Waals surface area contributed by atoms with Gasteiger partial charge >= 0.3 is 5.97 Å². The van der Waals surface area contributed by atoms with Gasteiger partial charge in [-0.2, -0.15) is 0 Å². The number of carboxylic acid groups (broad SMARTS) is 1. The summed E-state index contributed by atoms with van der Waals surface area (Å²) in [4.78, 5) is 11.8. The molecule has 0 amide bonds. The van der Waals surface area contributed by atoms with Crippen LogP contribution in [-0.2, 0) is 4.79 Å². The van der Waals surface area contributed by atoms with Gasteiger partial charge < -0.3 is 5.11 Å². The van der Waals surface area contributed by atoms with Crippen LogP contribution >= 0.6 is 0 Å². The molecule has 0 rings (SSSR count). The first kappa shape index (κ1) is 20.5. The lowest BCUT2D eigenvalue weighted by molar-refractivity contribution is -0.150. The lowest BCUT2D eigenvalue weighted by atomic mass is 9.74. The van der Waals surface area contributed by atoms with Crippen LogP contribution in [0.2, 0.25) is 0 Å². The third-order valence-corrected chi connectivity index (χ3v) is 4.73. The van der Waals surface area contributed by atoms with Gasteiger partial charge in [-0.25, -0.2) is 0 Å². The number of aliphatic carboxylic acids is 1. The number of unbranched alkanes of at least 4 members (excludes halogenated alkanes) is 8. The predicted molar refractivity (Wildman–Crippen MR) is 91.7 cm³/mol. The molecular formula is C19H38O2. The molecule has 0 aliphatic carbocycles. The van der Waals surface area contributed by atoms with E-state index in [0.717, 1.165) is 51.4 Å². The van der Waals surface area contributed by atoms with E-state index >= 15 is 0 Å². The van der Waals surface area contributed by atoms with Crippen molar-refractivity contribution in [1.82, 2.24) is 0 Å². The minimum atomic E-state index is -0.546. The van der Waals surface area contributed by atoms with Crippen molar-refractivity contribution >= 4 is 5.97 Å². The Bertz CT molecular complexity index is 240. The zero-order valence-corrected chi connectivity index (χ0v) is 14.8. The number of hydrogen-bond acceptors (Lipinski definition) is 1. The second-order valence-corrected chi connectivity index (χ2v) is 6.66. The second-order valence-electron chi connectivity index (χ2n) is 6.66. The van der Waals surface area contributed by atoms with Crippen molar-refractivity contribution in [2.75, 3.05) is 0 Å². The summed E-state index contributed by atoms with van der Waals surface area (Å²) in [5, 5.41) is 9.75. The molecule has 2 heteroatoms. The Morgan fingerprint density at radius 1 is 0.667 bits per heavy atom. The predicted octanol–water partition coefficient (Wildman–Crippen LogP) is 6.58. The van der Waals surface area contributed by atoms with E-state index in [0.29, 0.717) is 0 Å². The highest BCUT2D eigenvalue weighted by molar-refractivity contribution is 5.74. The van der Waals surface area contributed by atoms with Crippen molar-refractivity contribution in [1.29, 1.82) is 0 Å². The maximum atomic E-state index is 11.8. The van der Waals surface area contributed by atoms with Crippen LogP contribution < -0.4 is 0 Å². The van der Waals surface area contributed by atoms with Gasteiger partial charge in [0.2, 0.25) is 0 Å². The number of hydrogen-bond donors (Lipinski definition) is 1. The summed E-state index contributed by atoms with van der Waals surface area (Å²) in [6.45, 7) is 6.54. The van der Waals surface area contributed by atoms with Gasteiger partial charge in [0.1, 0.15) is 0 Å². The average Bonchev–Trinajstić information content (AvgIpc) is 2.48. The highest BCUT2D eigenvalue weighted by Crippen LogP contribution is 2.37. The first-order chi connectivity index (χ1) is 10.1. The first-order valence-electron chi connectivity index (χ1n) is 9.36. The smallest absolute Gasteiger partial charge is 0.309 e. The van der Waals surface area contributed by atoms with Crippen molar-refractivity contribution in [3.63, 3.8) is 0 Å². The van der Waals surface area contributed by atoms with Crippen LogP contribution in [0.4, 0.5) is 0 Å². The summed E-state index contributed by atoms with van der Waals surface area (Å²) in [5.74, 6) is -0.546. The maximum Gasteiger partial charge on any atom is 0.309 e. The fourth-order valence-electron chi connectivity index (χ4n) is 3.15. The quantitative estimate of drug-likeness (QED) is 0.347. The molecule has 0 unspecified atom stereocenters. The van der Waals surface area contributed by atoms with Crippen LogP contribution in [0.25, 0.3) is 0 Å². The van der Waals surface area contributed by atoms with Crippen LogP contribution in [0.3, 0.4) is 0 Å². The Morgan fingerprint density at radius 3 is 1.48 bits per heavy atom. The fraction of sp³-hybridized carbons (Fsp3) is 0.947. The van der Waals surface area contributed by atoms with E-state index in [2.05, 4.69) is 20.8 Å². The van der Waals surface area contributed by atoms with Crippen LogP contribution in [0, 0.1) is 5.41 Å². The van der Waals surface area contributed by atoms with Crippen molar-refractivity contribution in [3.8, 4) is 0 Å². The molecule has 0 spiro atoms. The van der Waals surface area contributed by atoms with Gasteiger partial charge in [0.15, 0.2) is 0 Å². The highest BCUT2D eigenvalue weighted by atomic mass is 16.4. The molecule has 0 heterocycles. The molecule has 0 fully saturated rings. The number of carboxylic acids is 1. The van der Waals surface area contributed by atoms with Crippen LogP contribution in [0.5, 0.6) is 0 Å². The molecule has 0 atom stereocenters. The normalized spacial score (nSPS) is 11.8. The first-order valence-corrected chi connectivity index (χ1v) is 9.36. The molecule has 2 nitrogen and oxygen atoms in total. The summed E-state index contributed by atoms with van der Waals surface area (Å²) in [7, 11) is 0. The third kappa shape index (κ3) is 9.16. The SMILES string of the molecule is CCCCCCCCCC(CCCC)(CCCC)C(=O)O. The Labute approximate surface area is 132 Å². The van der Waals surface area contributed by atoms with Crippen LogP contribution in [-0.4, -0.2) is 11.1 Å². The molecular weight excluding hydrogens is 260 g/mol. The molecule has 0 aliphatic heterocycles. The molecule has 0 aromatic carbocycles. The molecule has 0 aromatic heterocycles. The van der Waals surface area contributed by atoms with E-state index in [4.69, 9.17) is 0 Å². The summed E-state index contributed by atoms with van der Waals surface area (Å²) in [5.41, 5.74) is -0.435. The summed E-state index contributed by atoms with van der Waals surface area (Å²) < 4.78 is 0. The summed E-state index contributed by atoms with van der Waals surface area (Å²) in [6, 6.07) is 0. The molecule has 0 radical (unpaired) electrons.